The highest BCUT2D eigenvalue weighted by Crippen LogP contribution is 2.06. The van der Waals surface area contributed by atoms with Gasteiger partial charge in [-0.3, -0.25) is 0 Å². The summed E-state index contributed by atoms with van der Waals surface area (Å²) in [4.78, 5) is 11.3. The molecule has 0 aromatic heterocycles. The van der Waals surface area contributed by atoms with Crippen LogP contribution in [0.3, 0.4) is 0 Å². The summed E-state index contributed by atoms with van der Waals surface area (Å²) in [6.45, 7) is 9.35. The molecule has 0 saturated heterocycles. The van der Waals surface area contributed by atoms with E-state index in [0.717, 1.165) is 18.0 Å². The Kier molecular flexibility index (Phi) is 8.78. The minimum absolute atomic E-state index is 0.218. The molecule has 0 rings (SSSR count). The van der Waals surface area contributed by atoms with E-state index in [2.05, 4.69) is 26.1 Å². The van der Waals surface area contributed by atoms with Crippen LogP contribution in [0.4, 0.5) is 0 Å². The SMILES string of the molecule is CCC(=CCNC(C)CCC(C)C)C(=O)OC. The number of hydrogen-bond donors (Lipinski definition) is 1. The largest absolute Gasteiger partial charge is 0.466 e. The molecule has 0 aliphatic heterocycles. The second kappa shape index (κ2) is 9.23. The average Bonchev–Trinajstić information content (AvgIpc) is 2.31. The Morgan fingerprint density at radius 3 is 2.41 bits per heavy atom. The molecule has 1 atom stereocenters. The van der Waals surface area contributed by atoms with Gasteiger partial charge in [0.2, 0.25) is 0 Å². The second-order valence-electron chi connectivity index (χ2n) is 4.85. The van der Waals surface area contributed by atoms with Crippen molar-refractivity contribution in [2.75, 3.05) is 13.7 Å². The van der Waals surface area contributed by atoms with Crippen molar-refractivity contribution in [1.29, 1.82) is 0 Å². The van der Waals surface area contributed by atoms with E-state index < -0.39 is 0 Å². The number of carbonyl (C=O) groups excluding carboxylic acids is 1. The van der Waals surface area contributed by atoms with Gasteiger partial charge in [0.05, 0.1) is 7.11 Å². The standard InChI is InChI=1S/C14H27NO2/c1-6-13(14(16)17-5)9-10-15-12(4)8-7-11(2)3/h9,11-12,15H,6-8,10H2,1-5H3. The highest BCUT2D eigenvalue weighted by molar-refractivity contribution is 5.88. The zero-order valence-corrected chi connectivity index (χ0v) is 11.9. The quantitative estimate of drug-likeness (QED) is 0.524. The number of hydrogen-bond acceptors (Lipinski definition) is 3. The summed E-state index contributed by atoms with van der Waals surface area (Å²) in [7, 11) is 1.42. The molecule has 3 nitrogen and oxygen atoms in total. The first kappa shape index (κ1) is 16.2. The molecule has 1 unspecified atom stereocenters. The highest BCUT2D eigenvalue weighted by atomic mass is 16.5. The lowest BCUT2D eigenvalue weighted by molar-refractivity contribution is -0.136. The van der Waals surface area contributed by atoms with Crippen LogP contribution in [-0.2, 0) is 9.53 Å². The Morgan fingerprint density at radius 2 is 1.94 bits per heavy atom. The molecule has 0 saturated carbocycles. The van der Waals surface area contributed by atoms with Crippen LogP contribution in [0.2, 0.25) is 0 Å². The molecule has 100 valence electrons. The fourth-order valence-corrected chi connectivity index (χ4v) is 1.57. The molecule has 0 spiro atoms. The lowest BCUT2D eigenvalue weighted by atomic mass is 10.0. The van der Waals surface area contributed by atoms with E-state index in [1.54, 1.807) is 0 Å². The van der Waals surface area contributed by atoms with E-state index in [-0.39, 0.29) is 5.97 Å². The van der Waals surface area contributed by atoms with Gasteiger partial charge in [-0.2, -0.15) is 0 Å². The minimum Gasteiger partial charge on any atom is -0.466 e. The van der Waals surface area contributed by atoms with Crippen LogP contribution in [0.5, 0.6) is 0 Å². The predicted octanol–water partition coefficient (Wildman–Crippen LogP) is 2.91. The molecule has 0 aromatic rings. The molecular formula is C14H27NO2. The van der Waals surface area contributed by atoms with Crippen molar-refractivity contribution >= 4 is 5.97 Å². The van der Waals surface area contributed by atoms with Crippen molar-refractivity contribution in [2.45, 2.75) is 53.0 Å². The van der Waals surface area contributed by atoms with Gasteiger partial charge in [-0.1, -0.05) is 26.8 Å². The molecule has 0 bridgehead atoms. The first-order chi connectivity index (χ1) is 8.01. The van der Waals surface area contributed by atoms with Gasteiger partial charge in [0.1, 0.15) is 0 Å². The zero-order chi connectivity index (χ0) is 13.3. The maximum atomic E-state index is 11.3. The van der Waals surface area contributed by atoms with Crippen LogP contribution in [0.25, 0.3) is 0 Å². The summed E-state index contributed by atoms with van der Waals surface area (Å²) in [5, 5.41) is 3.40. The summed E-state index contributed by atoms with van der Waals surface area (Å²) in [6, 6.07) is 0.490. The Morgan fingerprint density at radius 1 is 1.29 bits per heavy atom. The summed E-state index contributed by atoms with van der Waals surface area (Å²) in [5.74, 6) is 0.528. The minimum atomic E-state index is -0.218. The van der Waals surface area contributed by atoms with Crippen molar-refractivity contribution in [3.05, 3.63) is 11.6 Å². The third-order valence-corrected chi connectivity index (χ3v) is 2.82. The summed E-state index contributed by atoms with van der Waals surface area (Å²) < 4.78 is 4.70. The van der Waals surface area contributed by atoms with Gasteiger partial charge in [0.15, 0.2) is 0 Å². The van der Waals surface area contributed by atoms with Gasteiger partial charge in [0, 0.05) is 18.2 Å². The van der Waals surface area contributed by atoms with E-state index in [9.17, 15) is 4.79 Å². The maximum absolute atomic E-state index is 11.3. The molecule has 0 radical (unpaired) electrons. The third-order valence-electron chi connectivity index (χ3n) is 2.82. The van der Waals surface area contributed by atoms with E-state index in [4.69, 9.17) is 4.74 Å². The van der Waals surface area contributed by atoms with Gasteiger partial charge >= 0.3 is 5.97 Å². The lowest BCUT2D eigenvalue weighted by Gasteiger charge is -2.14. The van der Waals surface area contributed by atoms with Gasteiger partial charge in [-0.15, -0.1) is 0 Å². The molecule has 3 heteroatoms. The van der Waals surface area contributed by atoms with Crippen molar-refractivity contribution in [2.24, 2.45) is 5.92 Å². The predicted molar refractivity (Wildman–Crippen MR) is 71.9 cm³/mol. The molecule has 0 aliphatic carbocycles. The maximum Gasteiger partial charge on any atom is 0.333 e. The number of carbonyl (C=O) groups is 1. The summed E-state index contributed by atoms with van der Waals surface area (Å²) in [5.41, 5.74) is 0.746. The van der Waals surface area contributed by atoms with Crippen LogP contribution in [0.1, 0.15) is 47.0 Å². The summed E-state index contributed by atoms with van der Waals surface area (Å²) in [6.07, 6.45) is 5.05. The van der Waals surface area contributed by atoms with Crippen LogP contribution >= 0.6 is 0 Å². The van der Waals surface area contributed by atoms with Crippen LogP contribution in [0.15, 0.2) is 11.6 Å². The molecule has 0 heterocycles. The molecule has 0 amide bonds. The van der Waals surface area contributed by atoms with Crippen molar-refractivity contribution < 1.29 is 9.53 Å². The van der Waals surface area contributed by atoms with E-state index in [1.165, 1.54) is 20.0 Å². The molecule has 0 fully saturated rings. The lowest BCUT2D eigenvalue weighted by Crippen LogP contribution is -2.26. The normalized spacial score (nSPS) is 13.9. The highest BCUT2D eigenvalue weighted by Gasteiger charge is 2.06. The average molecular weight is 241 g/mol. The molecule has 1 N–H and O–H groups in total. The smallest absolute Gasteiger partial charge is 0.333 e. The Hall–Kier alpha value is -0.830. The number of methoxy groups -OCH3 is 1. The number of ether oxygens (including phenoxy) is 1. The topological polar surface area (TPSA) is 38.3 Å². The van der Waals surface area contributed by atoms with E-state index in [1.807, 2.05) is 13.0 Å². The molecule has 0 aliphatic rings. The number of esters is 1. The first-order valence-corrected chi connectivity index (χ1v) is 6.51. The third kappa shape index (κ3) is 7.97. The fraction of sp³-hybridized carbons (Fsp3) is 0.786. The zero-order valence-electron chi connectivity index (χ0n) is 11.9. The fourth-order valence-electron chi connectivity index (χ4n) is 1.57. The number of nitrogens with one attached hydrogen (secondary N) is 1. The van der Waals surface area contributed by atoms with E-state index >= 15 is 0 Å². The van der Waals surface area contributed by atoms with Crippen LogP contribution in [-0.4, -0.2) is 25.7 Å². The van der Waals surface area contributed by atoms with Gasteiger partial charge in [-0.05, 0) is 32.1 Å². The monoisotopic (exact) mass is 241 g/mol. The Balaban J connectivity index is 3.93. The van der Waals surface area contributed by atoms with E-state index in [0.29, 0.717) is 12.5 Å². The van der Waals surface area contributed by atoms with Crippen LogP contribution < -0.4 is 5.32 Å². The van der Waals surface area contributed by atoms with Gasteiger partial charge in [-0.25, -0.2) is 4.79 Å². The Labute approximate surface area is 106 Å². The number of rotatable bonds is 8. The Bertz CT molecular complexity index is 247. The molecule has 0 aromatic carbocycles. The van der Waals surface area contributed by atoms with Crippen molar-refractivity contribution in [3.63, 3.8) is 0 Å². The second-order valence-corrected chi connectivity index (χ2v) is 4.85. The van der Waals surface area contributed by atoms with Crippen molar-refractivity contribution in [3.8, 4) is 0 Å². The first-order valence-electron chi connectivity index (χ1n) is 6.51. The van der Waals surface area contributed by atoms with Gasteiger partial charge in [0.25, 0.3) is 0 Å². The summed E-state index contributed by atoms with van der Waals surface area (Å²) >= 11 is 0. The van der Waals surface area contributed by atoms with Gasteiger partial charge < -0.3 is 10.1 Å². The molecule has 17 heavy (non-hydrogen) atoms. The molecular weight excluding hydrogens is 214 g/mol. The van der Waals surface area contributed by atoms with Crippen LogP contribution in [0, 0.1) is 5.92 Å². The van der Waals surface area contributed by atoms with Crippen molar-refractivity contribution in [1.82, 2.24) is 5.32 Å².